The minimum absolute atomic E-state index is 0.0286. The molecule has 1 aromatic heterocycles. The first-order valence-electron chi connectivity index (χ1n) is 6.99. The molecule has 114 valence electrons. The summed E-state index contributed by atoms with van der Waals surface area (Å²) < 4.78 is 7.64. The van der Waals surface area contributed by atoms with Gasteiger partial charge >= 0.3 is 5.69 Å². The molecule has 7 nitrogen and oxygen atoms in total. The lowest BCUT2D eigenvalue weighted by Gasteiger charge is -2.30. The maximum atomic E-state index is 12.0. The normalized spacial score (nSPS) is 21.8. The SMILES string of the molecule is COC1CCCC(Nc2c(C#N)c(=O)n(C)c(=O)n2C)C1. The van der Waals surface area contributed by atoms with Crippen LogP contribution >= 0.6 is 0 Å². The Hall–Kier alpha value is -2.07. The third-order valence-electron chi connectivity index (χ3n) is 4.08. The molecule has 1 aromatic rings. The molecule has 1 fully saturated rings. The van der Waals surface area contributed by atoms with Crippen molar-refractivity contribution in [2.24, 2.45) is 14.1 Å². The number of ether oxygens (including phenoxy) is 1. The third-order valence-corrected chi connectivity index (χ3v) is 4.08. The zero-order chi connectivity index (χ0) is 15.6. The zero-order valence-electron chi connectivity index (χ0n) is 12.5. The summed E-state index contributed by atoms with van der Waals surface area (Å²) in [4.78, 5) is 24.0. The van der Waals surface area contributed by atoms with Gasteiger partial charge in [0.25, 0.3) is 5.56 Å². The molecule has 7 heteroatoms. The molecular formula is C14H20N4O3. The Morgan fingerprint density at radius 3 is 2.62 bits per heavy atom. The fourth-order valence-electron chi connectivity index (χ4n) is 2.80. The maximum absolute atomic E-state index is 12.0. The molecule has 2 unspecified atom stereocenters. The highest BCUT2D eigenvalue weighted by Crippen LogP contribution is 2.24. The van der Waals surface area contributed by atoms with E-state index in [0.717, 1.165) is 30.3 Å². The van der Waals surface area contributed by atoms with E-state index in [1.807, 2.05) is 6.07 Å². The Morgan fingerprint density at radius 2 is 2.00 bits per heavy atom. The van der Waals surface area contributed by atoms with Crippen molar-refractivity contribution in [3.05, 3.63) is 26.4 Å². The summed E-state index contributed by atoms with van der Waals surface area (Å²) in [5.41, 5.74) is -1.04. The van der Waals surface area contributed by atoms with Crippen molar-refractivity contribution in [1.82, 2.24) is 9.13 Å². The monoisotopic (exact) mass is 292 g/mol. The molecule has 2 rings (SSSR count). The highest BCUT2D eigenvalue weighted by Gasteiger charge is 2.24. The van der Waals surface area contributed by atoms with Crippen LogP contribution in [-0.4, -0.2) is 28.4 Å². The average molecular weight is 292 g/mol. The second-order valence-electron chi connectivity index (χ2n) is 5.41. The summed E-state index contributed by atoms with van der Waals surface area (Å²) >= 11 is 0. The number of nitrogens with one attached hydrogen (secondary N) is 1. The highest BCUT2D eigenvalue weighted by molar-refractivity contribution is 5.51. The third kappa shape index (κ3) is 2.85. The second kappa shape index (κ2) is 6.14. The average Bonchev–Trinajstić information content (AvgIpc) is 2.51. The van der Waals surface area contributed by atoms with Gasteiger partial charge in [-0.05, 0) is 25.7 Å². The fourth-order valence-corrected chi connectivity index (χ4v) is 2.80. The van der Waals surface area contributed by atoms with Crippen molar-refractivity contribution < 1.29 is 4.74 Å². The minimum Gasteiger partial charge on any atom is -0.381 e. The summed E-state index contributed by atoms with van der Waals surface area (Å²) in [6.45, 7) is 0. The zero-order valence-corrected chi connectivity index (χ0v) is 12.5. The van der Waals surface area contributed by atoms with Crippen LogP contribution in [0.2, 0.25) is 0 Å². The standard InChI is InChI=1S/C14H20N4O3/c1-17-12(11(8-15)13(19)18(2)14(17)20)16-9-5-4-6-10(7-9)21-3/h9-10,16H,4-7H2,1-3H3. The lowest BCUT2D eigenvalue weighted by molar-refractivity contribution is 0.0668. The van der Waals surface area contributed by atoms with Crippen LogP contribution in [0.4, 0.5) is 5.82 Å². The van der Waals surface area contributed by atoms with Crippen LogP contribution < -0.4 is 16.6 Å². The summed E-state index contributed by atoms with van der Waals surface area (Å²) in [7, 11) is 4.61. The number of nitrogens with zero attached hydrogens (tertiary/aromatic N) is 3. The van der Waals surface area contributed by atoms with Gasteiger partial charge in [0.2, 0.25) is 0 Å². The fraction of sp³-hybridized carbons (Fsp3) is 0.643. The van der Waals surface area contributed by atoms with Gasteiger partial charge in [-0.25, -0.2) is 4.79 Å². The summed E-state index contributed by atoms with van der Waals surface area (Å²) in [6.07, 6.45) is 3.91. The van der Waals surface area contributed by atoms with Gasteiger partial charge in [-0.1, -0.05) is 0 Å². The van der Waals surface area contributed by atoms with Crippen LogP contribution in [0.3, 0.4) is 0 Å². The van der Waals surface area contributed by atoms with Gasteiger partial charge in [0.15, 0.2) is 5.56 Å². The molecule has 0 saturated heterocycles. The molecule has 0 bridgehead atoms. The molecule has 1 aliphatic carbocycles. The van der Waals surface area contributed by atoms with Crippen molar-refractivity contribution in [2.75, 3.05) is 12.4 Å². The molecule has 0 amide bonds. The minimum atomic E-state index is -0.567. The largest absolute Gasteiger partial charge is 0.381 e. The van der Waals surface area contributed by atoms with Crippen LogP contribution in [0.5, 0.6) is 0 Å². The number of aromatic nitrogens is 2. The Labute approximate surface area is 122 Å². The number of methoxy groups -OCH3 is 1. The van der Waals surface area contributed by atoms with Gasteiger partial charge < -0.3 is 10.1 Å². The molecule has 0 radical (unpaired) electrons. The molecular weight excluding hydrogens is 272 g/mol. The molecule has 1 N–H and O–H groups in total. The number of hydrogen-bond donors (Lipinski definition) is 1. The predicted molar refractivity (Wildman–Crippen MR) is 78.3 cm³/mol. The van der Waals surface area contributed by atoms with Crippen LogP contribution in [0, 0.1) is 11.3 Å². The Bertz CT molecular complexity index is 683. The summed E-state index contributed by atoms with van der Waals surface area (Å²) in [6, 6.07) is 1.99. The van der Waals surface area contributed by atoms with Crippen molar-refractivity contribution >= 4 is 5.82 Å². The van der Waals surface area contributed by atoms with E-state index in [1.54, 1.807) is 14.2 Å². The number of anilines is 1. The van der Waals surface area contributed by atoms with E-state index in [1.165, 1.54) is 11.6 Å². The van der Waals surface area contributed by atoms with Gasteiger partial charge in [-0.3, -0.25) is 13.9 Å². The Kier molecular flexibility index (Phi) is 4.48. The molecule has 0 spiro atoms. The molecule has 1 heterocycles. The molecule has 21 heavy (non-hydrogen) atoms. The first kappa shape index (κ1) is 15.3. The van der Waals surface area contributed by atoms with Crippen LogP contribution in [-0.2, 0) is 18.8 Å². The second-order valence-corrected chi connectivity index (χ2v) is 5.41. The van der Waals surface area contributed by atoms with Crippen molar-refractivity contribution in [2.45, 2.75) is 37.8 Å². The number of rotatable bonds is 3. The van der Waals surface area contributed by atoms with Gasteiger partial charge in [0.1, 0.15) is 11.9 Å². The van der Waals surface area contributed by atoms with Crippen LogP contribution in [0.25, 0.3) is 0 Å². The molecule has 1 aliphatic rings. The van der Waals surface area contributed by atoms with Gasteiger partial charge in [-0.15, -0.1) is 0 Å². The quantitative estimate of drug-likeness (QED) is 0.867. The molecule has 2 atom stereocenters. The lowest BCUT2D eigenvalue weighted by atomic mass is 9.93. The number of nitriles is 1. The first-order valence-corrected chi connectivity index (χ1v) is 6.99. The lowest BCUT2D eigenvalue weighted by Crippen LogP contribution is -2.41. The maximum Gasteiger partial charge on any atom is 0.332 e. The van der Waals surface area contributed by atoms with Gasteiger partial charge in [0, 0.05) is 27.2 Å². The van der Waals surface area contributed by atoms with E-state index in [-0.39, 0.29) is 17.7 Å². The van der Waals surface area contributed by atoms with Gasteiger partial charge in [-0.2, -0.15) is 5.26 Å². The van der Waals surface area contributed by atoms with Gasteiger partial charge in [0.05, 0.1) is 6.10 Å². The molecule has 0 aliphatic heterocycles. The predicted octanol–water partition coefficient (Wildman–Crippen LogP) is 0.325. The Balaban J connectivity index is 2.39. The first-order chi connectivity index (χ1) is 9.99. The van der Waals surface area contributed by atoms with E-state index in [0.29, 0.717) is 5.82 Å². The topological polar surface area (TPSA) is 89.1 Å². The van der Waals surface area contributed by atoms with Crippen molar-refractivity contribution in [3.8, 4) is 6.07 Å². The van der Waals surface area contributed by atoms with E-state index in [2.05, 4.69) is 5.32 Å². The van der Waals surface area contributed by atoms with Crippen LogP contribution in [0.15, 0.2) is 9.59 Å². The van der Waals surface area contributed by atoms with Crippen molar-refractivity contribution in [3.63, 3.8) is 0 Å². The number of hydrogen-bond acceptors (Lipinski definition) is 5. The van der Waals surface area contributed by atoms with E-state index >= 15 is 0 Å². The molecule has 1 saturated carbocycles. The van der Waals surface area contributed by atoms with E-state index < -0.39 is 11.2 Å². The van der Waals surface area contributed by atoms with Crippen LogP contribution in [0.1, 0.15) is 31.2 Å². The smallest absolute Gasteiger partial charge is 0.332 e. The summed E-state index contributed by atoms with van der Waals surface area (Å²) in [5, 5.41) is 12.4. The molecule has 0 aromatic carbocycles. The van der Waals surface area contributed by atoms with E-state index in [4.69, 9.17) is 4.74 Å². The van der Waals surface area contributed by atoms with Crippen molar-refractivity contribution in [1.29, 1.82) is 5.26 Å². The van der Waals surface area contributed by atoms with E-state index in [9.17, 15) is 14.9 Å². The Morgan fingerprint density at radius 1 is 1.29 bits per heavy atom. The highest BCUT2D eigenvalue weighted by atomic mass is 16.5. The summed E-state index contributed by atoms with van der Waals surface area (Å²) in [5.74, 6) is 0.298.